The molecule has 1 aliphatic heterocycles. The summed E-state index contributed by atoms with van der Waals surface area (Å²) >= 11 is 0. The number of hydrogen-bond acceptors (Lipinski definition) is 6. The van der Waals surface area contributed by atoms with Crippen molar-refractivity contribution >= 4 is 5.82 Å². The minimum absolute atomic E-state index is 0.179. The topological polar surface area (TPSA) is 111 Å². The van der Waals surface area contributed by atoms with E-state index in [9.17, 15) is 9.18 Å². The highest BCUT2D eigenvalue weighted by atomic mass is 19.1. The second-order valence-corrected chi connectivity index (χ2v) is 4.15. The Labute approximate surface area is 102 Å². The maximum absolute atomic E-state index is 13.3. The van der Waals surface area contributed by atoms with Crippen molar-refractivity contribution in [1.29, 1.82) is 0 Å². The minimum atomic E-state index is -0.814. The fraction of sp³-hybridized carbons (Fsp3) is 0.600. The van der Waals surface area contributed by atoms with Gasteiger partial charge in [-0.2, -0.15) is 4.98 Å². The average Bonchev–Trinajstić information content (AvgIpc) is 2.76. The number of nitrogen functional groups attached to an aromatic ring is 1. The summed E-state index contributed by atoms with van der Waals surface area (Å²) < 4.78 is 19.6. The van der Waals surface area contributed by atoms with Gasteiger partial charge in [-0.05, 0) is 0 Å². The van der Waals surface area contributed by atoms with Gasteiger partial charge in [0.2, 0.25) is 0 Å². The first-order chi connectivity index (χ1) is 8.56. The maximum atomic E-state index is 13.3. The SMILES string of the molecule is Nc1nc(=O)n([C@H]2C[C@@H](CO)[C@H](CO)O2)cc1F. The summed E-state index contributed by atoms with van der Waals surface area (Å²) in [7, 11) is 0. The number of aromatic nitrogens is 2. The molecule has 4 N–H and O–H groups in total. The lowest BCUT2D eigenvalue weighted by Gasteiger charge is -2.14. The third kappa shape index (κ3) is 2.22. The normalized spacial score (nSPS) is 27.6. The highest BCUT2D eigenvalue weighted by Gasteiger charge is 2.36. The zero-order valence-electron chi connectivity index (χ0n) is 9.49. The first-order valence-electron chi connectivity index (χ1n) is 5.48. The van der Waals surface area contributed by atoms with E-state index in [1.807, 2.05) is 0 Å². The van der Waals surface area contributed by atoms with E-state index in [1.165, 1.54) is 0 Å². The highest BCUT2D eigenvalue weighted by molar-refractivity contribution is 5.26. The maximum Gasteiger partial charge on any atom is 0.351 e. The van der Waals surface area contributed by atoms with Gasteiger partial charge in [0.15, 0.2) is 11.6 Å². The van der Waals surface area contributed by atoms with E-state index in [-0.39, 0.29) is 19.1 Å². The van der Waals surface area contributed by atoms with Gasteiger partial charge in [0.25, 0.3) is 0 Å². The van der Waals surface area contributed by atoms with E-state index < -0.39 is 29.7 Å². The van der Waals surface area contributed by atoms with Crippen molar-refractivity contribution in [2.75, 3.05) is 18.9 Å². The molecule has 0 bridgehead atoms. The molecule has 8 heteroatoms. The third-order valence-electron chi connectivity index (χ3n) is 3.02. The Morgan fingerprint density at radius 1 is 1.56 bits per heavy atom. The van der Waals surface area contributed by atoms with Gasteiger partial charge in [0.1, 0.15) is 6.23 Å². The number of nitrogens with two attached hydrogens (primary N) is 1. The van der Waals surface area contributed by atoms with Gasteiger partial charge < -0.3 is 20.7 Å². The summed E-state index contributed by atoms with van der Waals surface area (Å²) in [4.78, 5) is 14.9. The van der Waals surface area contributed by atoms with Crippen LogP contribution in [0.3, 0.4) is 0 Å². The molecule has 100 valence electrons. The molecule has 0 aliphatic carbocycles. The molecule has 0 radical (unpaired) electrons. The predicted octanol–water partition coefficient (Wildman–Crippen LogP) is -1.15. The molecule has 18 heavy (non-hydrogen) atoms. The van der Waals surface area contributed by atoms with Crippen molar-refractivity contribution in [3.8, 4) is 0 Å². The molecule has 1 saturated heterocycles. The van der Waals surface area contributed by atoms with Crippen molar-refractivity contribution < 1.29 is 19.3 Å². The lowest BCUT2D eigenvalue weighted by molar-refractivity contribution is -0.0368. The standard InChI is InChI=1S/C10H14FN3O4/c11-6-2-14(10(17)13-9(6)12)8-1-5(3-15)7(4-16)18-8/h2,5,7-8,15-16H,1,3-4H2,(H2,12,13,17)/t5-,7-,8+/m0/s1. The zero-order chi connectivity index (χ0) is 13.3. The van der Waals surface area contributed by atoms with Gasteiger partial charge in [0.05, 0.1) is 18.9 Å². The molecular weight excluding hydrogens is 245 g/mol. The summed E-state index contributed by atoms with van der Waals surface area (Å²) in [5.41, 5.74) is 4.45. The summed E-state index contributed by atoms with van der Waals surface area (Å²) in [6.45, 7) is -0.456. The van der Waals surface area contributed by atoms with Crippen LogP contribution >= 0.6 is 0 Å². The van der Waals surface area contributed by atoms with Gasteiger partial charge in [-0.25, -0.2) is 9.18 Å². The quantitative estimate of drug-likeness (QED) is 0.632. The van der Waals surface area contributed by atoms with E-state index in [0.717, 1.165) is 10.8 Å². The second kappa shape index (κ2) is 5.01. The van der Waals surface area contributed by atoms with Crippen molar-refractivity contribution in [2.24, 2.45) is 5.92 Å². The number of anilines is 1. The van der Waals surface area contributed by atoms with Crippen molar-refractivity contribution in [2.45, 2.75) is 18.8 Å². The van der Waals surface area contributed by atoms with Crippen LogP contribution in [0.15, 0.2) is 11.0 Å². The Kier molecular flexibility index (Phi) is 3.60. The number of ether oxygens (including phenoxy) is 1. The fourth-order valence-corrected chi connectivity index (χ4v) is 2.01. The lowest BCUT2D eigenvalue weighted by atomic mass is 10.0. The zero-order valence-corrected chi connectivity index (χ0v) is 9.49. The highest BCUT2D eigenvalue weighted by Crippen LogP contribution is 2.32. The van der Waals surface area contributed by atoms with Gasteiger partial charge in [-0.1, -0.05) is 0 Å². The number of nitrogens with zero attached hydrogens (tertiary/aromatic N) is 2. The fourth-order valence-electron chi connectivity index (χ4n) is 2.01. The van der Waals surface area contributed by atoms with Crippen LogP contribution in [0, 0.1) is 11.7 Å². The lowest BCUT2D eigenvalue weighted by Crippen LogP contribution is -2.29. The van der Waals surface area contributed by atoms with Gasteiger partial charge in [0, 0.05) is 18.9 Å². The van der Waals surface area contributed by atoms with Crippen LogP contribution in [0.4, 0.5) is 10.2 Å². The molecule has 0 aromatic carbocycles. The number of hydrogen-bond donors (Lipinski definition) is 3. The van der Waals surface area contributed by atoms with Gasteiger partial charge in [-0.15, -0.1) is 0 Å². The predicted molar refractivity (Wildman–Crippen MR) is 59.1 cm³/mol. The van der Waals surface area contributed by atoms with E-state index in [4.69, 9.17) is 20.7 Å². The van der Waals surface area contributed by atoms with Gasteiger partial charge in [-0.3, -0.25) is 4.57 Å². The smallest absolute Gasteiger partial charge is 0.351 e. The van der Waals surface area contributed by atoms with Crippen LogP contribution in [0.25, 0.3) is 0 Å². The van der Waals surface area contributed by atoms with Crippen LogP contribution in [-0.2, 0) is 4.74 Å². The van der Waals surface area contributed by atoms with Crippen LogP contribution in [0.2, 0.25) is 0 Å². The van der Waals surface area contributed by atoms with E-state index >= 15 is 0 Å². The van der Waals surface area contributed by atoms with E-state index in [0.29, 0.717) is 6.42 Å². The first kappa shape index (κ1) is 12.9. The largest absolute Gasteiger partial charge is 0.396 e. The molecule has 2 heterocycles. The molecule has 1 fully saturated rings. The van der Waals surface area contributed by atoms with E-state index in [1.54, 1.807) is 0 Å². The molecule has 0 amide bonds. The van der Waals surface area contributed by atoms with Crippen LogP contribution in [0.1, 0.15) is 12.6 Å². The summed E-state index contributed by atoms with van der Waals surface area (Å²) in [6.07, 6.45) is -0.113. The summed E-state index contributed by atoms with van der Waals surface area (Å²) in [6, 6.07) is 0. The summed E-state index contributed by atoms with van der Waals surface area (Å²) in [5, 5.41) is 18.2. The number of rotatable bonds is 3. The molecule has 1 aromatic rings. The number of aliphatic hydroxyl groups excluding tert-OH is 2. The molecule has 2 rings (SSSR count). The Balaban J connectivity index is 2.28. The Morgan fingerprint density at radius 2 is 2.28 bits per heavy atom. The van der Waals surface area contributed by atoms with Crippen molar-refractivity contribution in [3.05, 3.63) is 22.5 Å². The molecule has 1 aromatic heterocycles. The van der Waals surface area contributed by atoms with Crippen LogP contribution < -0.4 is 11.4 Å². The first-order valence-corrected chi connectivity index (χ1v) is 5.48. The molecular formula is C10H14FN3O4. The van der Waals surface area contributed by atoms with Crippen molar-refractivity contribution in [1.82, 2.24) is 9.55 Å². The van der Waals surface area contributed by atoms with E-state index in [2.05, 4.69) is 4.98 Å². The Hall–Kier alpha value is -1.51. The average molecular weight is 259 g/mol. The number of aliphatic hydroxyl groups is 2. The summed E-state index contributed by atoms with van der Waals surface area (Å²) in [5.74, 6) is -1.58. The number of halogens is 1. The Morgan fingerprint density at radius 3 is 2.83 bits per heavy atom. The molecule has 0 saturated carbocycles. The monoisotopic (exact) mass is 259 g/mol. The molecule has 3 atom stereocenters. The Bertz CT molecular complexity index is 481. The third-order valence-corrected chi connectivity index (χ3v) is 3.02. The molecule has 0 unspecified atom stereocenters. The van der Waals surface area contributed by atoms with Crippen LogP contribution in [0.5, 0.6) is 0 Å². The molecule has 7 nitrogen and oxygen atoms in total. The van der Waals surface area contributed by atoms with Gasteiger partial charge >= 0.3 is 5.69 Å². The molecule has 1 aliphatic rings. The second-order valence-electron chi connectivity index (χ2n) is 4.15. The van der Waals surface area contributed by atoms with Crippen molar-refractivity contribution in [3.63, 3.8) is 0 Å². The van der Waals surface area contributed by atoms with Crippen LogP contribution in [-0.4, -0.2) is 39.1 Å². The molecule has 0 spiro atoms. The minimum Gasteiger partial charge on any atom is -0.396 e.